The van der Waals surface area contributed by atoms with Gasteiger partial charge >= 0.3 is 0 Å². The summed E-state index contributed by atoms with van der Waals surface area (Å²) in [5, 5.41) is 2.36. The van der Waals surface area contributed by atoms with Crippen LogP contribution < -0.4 is 10.1 Å². The standard InChI is InChI=1S/C14H17NO3/c1-3-14(8-12(16)15-13(17)9-14)10-4-6-11(18-2)7-5-10/h4-7H,3,8-9H2,1-2H3,(H,15,16,17). The second kappa shape index (κ2) is 4.80. The molecule has 0 radical (unpaired) electrons. The summed E-state index contributed by atoms with van der Waals surface area (Å²) in [6.07, 6.45) is 1.49. The first-order valence-corrected chi connectivity index (χ1v) is 6.07. The molecule has 1 aliphatic rings. The van der Waals surface area contributed by atoms with Gasteiger partial charge in [-0.05, 0) is 24.1 Å². The Labute approximate surface area is 106 Å². The summed E-state index contributed by atoms with van der Waals surface area (Å²) in [5.41, 5.74) is 0.653. The van der Waals surface area contributed by atoms with Gasteiger partial charge in [0.25, 0.3) is 0 Å². The first kappa shape index (κ1) is 12.6. The van der Waals surface area contributed by atoms with E-state index in [0.29, 0.717) is 12.8 Å². The molecule has 4 heteroatoms. The van der Waals surface area contributed by atoms with E-state index in [-0.39, 0.29) is 17.2 Å². The molecule has 2 amide bonds. The fourth-order valence-electron chi connectivity index (χ4n) is 2.52. The van der Waals surface area contributed by atoms with Crippen molar-refractivity contribution in [3.8, 4) is 5.75 Å². The molecule has 0 saturated carbocycles. The van der Waals surface area contributed by atoms with E-state index in [1.54, 1.807) is 7.11 Å². The largest absolute Gasteiger partial charge is 0.497 e. The van der Waals surface area contributed by atoms with Crippen molar-refractivity contribution in [2.75, 3.05) is 7.11 Å². The molecule has 1 saturated heterocycles. The van der Waals surface area contributed by atoms with Crippen LogP contribution in [-0.2, 0) is 15.0 Å². The van der Waals surface area contributed by atoms with Gasteiger partial charge in [0.05, 0.1) is 7.11 Å². The number of methoxy groups -OCH3 is 1. The smallest absolute Gasteiger partial charge is 0.227 e. The summed E-state index contributed by atoms with van der Waals surface area (Å²) in [7, 11) is 1.61. The number of hydrogen-bond acceptors (Lipinski definition) is 3. The lowest BCUT2D eigenvalue weighted by Gasteiger charge is -2.35. The van der Waals surface area contributed by atoms with Crippen LogP contribution in [0.1, 0.15) is 31.7 Å². The quantitative estimate of drug-likeness (QED) is 0.828. The summed E-state index contributed by atoms with van der Waals surface area (Å²) in [6, 6.07) is 7.61. The number of carbonyl (C=O) groups is 2. The average Bonchev–Trinajstić information content (AvgIpc) is 2.37. The summed E-state index contributed by atoms with van der Waals surface area (Å²) >= 11 is 0. The molecule has 1 heterocycles. The average molecular weight is 247 g/mol. The first-order valence-electron chi connectivity index (χ1n) is 6.07. The number of hydrogen-bond donors (Lipinski definition) is 1. The Morgan fingerprint density at radius 2 is 1.72 bits per heavy atom. The fourth-order valence-corrected chi connectivity index (χ4v) is 2.52. The molecule has 1 aromatic rings. The summed E-state index contributed by atoms with van der Waals surface area (Å²) < 4.78 is 5.12. The molecular formula is C14H17NO3. The third-order valence-corrected chi connectivity index (χ3v) is 3.66. The maximum atomic E-state index is 11.6. The van der Waals surface area contributed by atoms with Crippen LogP contribution in [0.4, 0.5) is 0 Å². The van der Waals surface area contributed by atoms with Crippen molar-refractivity contribution >= 4 is 11.8 Å². The van der Waals surface area contributed by atoms with Gasteiger partial charge in [0, 0.05) is 18.3 Å². The fraction of sp³-hybridized carbons (Fsp3) is 0.429. The van der Waals surface area contributed by atoms with Crippen molar-refractivity contribution in [1.29, 1.82) is 0 Å². The minimum absolute atomic E-state index is 0.191. The maximum absolute atomic E-state index is 11.6. The van der Waals surface area contributed by atoms with Crippen LogP contribution >= 0.6 is 0 Å². The summed E-state index contributed by atoms with van der Waals surface area (Å²) in [4.78, 5) is 23.2. The molecule has 0 unspecified atom stereocenters. The molecule has 96 valence electrons. The Hall–Kier alpha value is -1.84. The van der Waals surface area contributed by atoms with Gasteiger partial charge in [0.1, 0.15) is 5.75 Å². The lowest BCUT2D eigenvalue weighted by molar-refractivity contribution is -0.135. The summed E-state index contributed by atoms with van der Waals surface area (Å²) in [6.45, 7) is 2.01. The number of rotatable bonds is 3. The van der Waals surface area contributed by atoms with E-state index >= 15 is 0 Å². The Morgan fingerprint density at radius 1 is 1.17 bits per heavy atom. The molecule has 4 nitrogen and oxygen atoms in total. The van der Waals surface area contributed by atoms with E-state index in [1.165, 1.54) is 0 Å². The topological polar surface area (TPSA) is 55.4 Å². The summed E-state index contributed by atoms with van der Waals surface area (Å²) in [5.74, 6) is 0.393. The van der Waals surface area contributed by atoms with Crippen molar-refractivity contribution in [2.24, 2.45) is 0 Å². The minimum Gasteiger partial charge on any atom is -0.497 e. The molecule has 1 N–H and O–H groups in total. The highest BCUT2D eigenvalue weighted by Gasteiger charge is 2.39. The highest BCUT2D eigenvalue weighted by atomic mass is 16.5. The SMILES string of the molecule is CCC1(c2ccc(OC)cc2)CC(=O)NC(=O)C1. The zero-order valence-corrected chi connectivity index (χ0v) is 10.7. The molecule has 18 heavy (non-hydrogen) atoms. The number of ether oxygens (including phenoxy) is 1. The van der Waals surface area contributed by atoms with E-state index in [4.69, 9.17) is 4.74 Å². The third kappa shape index (κ3) is 2.23. The van der Waals surface area contributed by atoms with Crippen LogP contribution in [-0.4, -0.2) is 18.9 Å². The maximum Gasteiger partial charge on any atom is 0.227 e. The van der Waals surface area contributed by atoms with Crippen molar-refractivity contribution < 1.29 is 14.3 Å². The molecular weight excluding hydrogens is 230 g/mol. The van der Waals surface area contributed by atoms with Crippen molar-refractivity contribution in [3.63, 3.8) is 0 Å². The zero-order valence-electron chi connectivity index (χ0n) is 10.7. The molecule has 1 fully saturated rings. The van der Waals surface area contributed by atoms with Gasteiger partial charge in [0.15, 0.2) is 0 Å². The Morgan fingerprint density at radius 3 is 2.17 bits per heavy atom. The van der Waals surface area contributed by atoms with E-state index in [2.05, 4.69) is 5.32 Å². The zero-order chi connectivity index (χ0) is 13.2. The van der Waals surface area contributed by atoms with Crippen LogP contribution in [0.15, 0.2) is 24.3 Å². The van der Waals surface area contributed by atoms with Gasteiger partial charge in [0.2, 0.25) is 11.8 Å². The van der Waals surface area contributed by atoms with Crippen LogP contribution in [0.25, 0.3) is 0 Å². The van der Waals surface area contributed by atoms with Crippen molar-refractivity contribution in [3.05, 3.63) is 29.8 Å². The van der Waals surface area contributed by atoms with Crippen LogP contribution in [0, 0.1) is 0 Å². The monoisotopic (exact) mass is 247 g/mol. The molecule has 1 aromatic carbocycles. The van der Waals surface area contributed by atoms with E-state index in [0.717, 1.165) is 17.7 Å². The highest BCUT2D eigenvalue weighted by Crippen LogP contribution is 2.37. The van der Waals surface area contributed by atoms with Gasteiger partial charge in [-0.2, -0.15) is 0 Å². The second-order valence-electron chi connectivity index (χ2n) is 4.69. The number of piperidine rings is 1. The third-order valence-electron chi connectivity index (χ3n) is 3.66. The van der Waals surface area contributed by atoms with Crippen LogP contribution in [0.2, 0.25) is 0 Å². The lowest BCUT2D eigenvalue weighted by Crippen LogP contribution is -2.46. The number of imide groups is 1. The molecule has 0 bridgehead atoms. The van der Waals surface area contributed by atoms with Crippen molar-refractivity contribution in [1.82, 2.24) is 5.32 Å². The molecule has 0 atom stereocenters. The van der Waals surface area contributed by atoms with Crippen LogP contribution in [0.3, 0.4) is 0 Å². The lowest BCUT2D eigenvalue weighted by atomic mass is 9.71. The Kier molecular flexibility index (Phi) is 3.36. The van der Waals surface area contributed by atoms with Gasteiger partial charge in [-0.1, -0.05) is 19.1 Å². The van der Waals surface area contributed by atoms with Gasteiger partial charge in [-0.15, -0.1) is 0 Å². The van der Waals surface area contributed by atoms with Crippen molar-refractivity contribution in [2.45, 2.75) is 31.6 Å². The second-order valence-corrected chi connectivity index (χ2v) is 4.69. The van der Waals surface area contributed by atoms with E-state index in [9.17, 15) is 9.59 Å². The molecule has 0 aromatic heterocycles. The van der Waals surface area contributed by atoms with Crippen LogP contribution in [0.5, 0.6) is 5.75 Å². The van der Waals surface area contributed by atoms with Gasteiger partial charge in [-0.25, -0.2) is 0 Å². The highest BCUT2D eigenvalue weighted by molar-refractivity contribution is 5.99. The number of amides is 2. The van der Waals surface area contributed by atoms with E-state index in [1.807, 2.05) is 31.2 Å². The predicted molar refractivity (Wildman–Crippen MR) is 67.3 cm³/mol. The first-order chi connectivity index (χ1) is 8.59. The predicted octanol–water partition coefficient (Wildman–Crippen LogP) is 1.78. The molecule has 0 spiro atoms. The number of benzene rings is 1. The minimum atomic E-state index is -0.369. The van der Waals surface area contributed by atoms with Gasteiger partial charge < -0.3 is 4.74 Å². The van der Waals surface area contributed by atoms with E-state index < -0.39 is 0 Å². The normalized spacial score (nSPS) is 18.3. The molecule has 1 aliphatic heterocycles. The number of nitrogens with one attached hydrogen (secondary N) is 1. The molecule has 0 aliphatic carbocycles. The Balaban J connectivity index is 2.35. The van der Waals surface area contributed by atoms with Gasteiger partial charge in [-0.3, -0.25) is 14.9 Å². The molecule has 2 rings (SSSR count). The Bertz CT molecular complexity index is 448. The number of carbonyl (C=O) groups excluding carboxylic acids is 2.